The maximum absolute atomic E-state index is 14.1. The Morgan fingerprint density at radius 2 is 1.84 bits per heavy atom. The SMILES string of the molecule is CNC(=O)[C@H](CCCc1ccccc1)NC(=O)C1CN(C(=O)Cc2c[nH]c3cc(Cl)ccc23)CC2CN(C(=O)c3cncc(OC)n3)CC21. The number of H-pyrrole nitrogens is 1. The lowest BCUT2D eigenvalue weighted by atomic mass is 9.79. The van der Waals surface area contributed by atoms with Gasteiger partial charge in [0.15, 0.2) is 5.69 Å². The Morgan fingerprint density at radius 3 is 2.61 bits per heavy atom. The third-order valence-corrected chi connectivity index (χ3v) is 9.88. The molecular weight excluding hydrogens is 646 g/mol. The molecule has 4 amide bonds. The van der Waals surface area contributed by atoms with Gasteiger partial charge in [0.1, 0.15) is 6.04 Å². The fraction of sp³-hybridized carbons (Fsp3) is 0.389. The number of likely N-dealkylation sites (tertiary alicyclic amines) is 2. The molecule has 3 N–H and O–H groups in total. The molecule has 0 aliphatic carbocycles. The van der Waals surface area contributed by atoms with Gasteiger partial charge in [0, 0.05) is 55.3 Å². The van der Waals surface area contributed by atoms with Crippen LogP contribution in [0.2, 0.25) is 5.02 Å². The van der Waals surface area contributed by atoms with E-state index < -0.39 is 12.0 Å². The highest BCUT2D eigenvalue weighted by atomic mass is 35.5. The highest BCUT2D eigenvalue weighted by Gasteiger charge is 2.48. The monoisotopic (exact) mass is 685 g/mol. The lowest BCUT2D eigenvalue weighted by Crippen LogP contribution is -2.56. The number of benzene rings is 2. The minimum atomic E-state index is -0.741. The van der Waals surface area contributed by atoms with Crippen molar-refractivity contribution in [2.75, 3.05) is 40.3 Å². The number of aryl methyl sites for hydroxylation is 1. The zero-order valence-corrected chi connectivity index (χ0v) is 28.3. The molecule has 4 atom stereocenters. The number of likely N-dealkylation sites (N-methyl/N-ethyl adjacent to an activating group) is 1. The number of piperidine rings is 1. The predicted octanol–water partition coefficient (Wildman–Crippen LogP) is 3.26. The first kappa shape index (κ1) is 33.9. The van der Waals surface area contributed by atoms with Gasteiger partial charge in [-0.3, -0.25) is 24.2 Å². The lowest BCUT2D eigenvalue weighted by Gasteiger charge is -2.40. The molecule has 2 aliphatic rings. The molecule has 13 heteroatoms. The maximum atomic E-state index is 14.1. The molecule has 2 fully saturated rings. The smallest absolute Gasteiger partial charge is 0.274 e. The number of rotatable bonds is 11. The van der Waals surface area contributed by atoms with Gasteiger partial charge in [0.2, 0.25) is 23.6 Å². The first-order valence-electron chi connectivity index (χ1n) is 16.5. The molecule has 0 radical (unpaired) electrons. The first-order chi connectivity index (χ1) is 23.7. The molecule has 2 saturated heterocycles. The minimum absolute atomic E-state index is 0.124. The average molecular weight is 686 g/mol. The topological polar surface area (TPSA) is 150 Å². The van der Waals surface area contributed by atoms with Crippen LogP contribution in [0.5, 0.6) is 5.88 Å². The van der Waals surface area contributed by atoms with Crippen LogP contribution in [0.25, 0.3) is 10.9 Å². The summed E-state index contributed by atoms with van der Waals surface area (Å²) >= 11 is 6.16. The van der Waals surface area contributed by atoms with Crippen LogP contribution in [0.3, 0.4) is 0 Å². The van der Waals surface area contributed by atoms with Crippen LogP contribution in [0, 0.1) is 17.8 Å². The molecule has 6 rings (SSSR count). The molecule has 49 heavy (non-hydrogen) atoms. The summed E-state index contributed by atoms with van der Waals surface area (Å²) in [6.45, 7) is 1.22. The van der Waals surface area contributed by atoms with Crippen molar-refractivity contribution in [3.8, 4) is 5.88 Å². The van der Waals surface area contributed by atoms with Crippen LogP contribution < -0.4 is 15.4 Å². The summed E-state index contributed by atoms with van der Waals surface area (Å²) < 4.78 is 5.16. The third-order valence-electron chi connectivity index (χ3n) is 9.65. The number of aromatic amines is 1. The van der Waals surface area contributed by atoms with Gasteiger partial charge in [-0.05, 0) is 54.4 Å². The van der Waals surface area contributed by atoms with Crippen LogP contribution in [0.15, 0.2) is 67.1 Å². The molecular formula is C36H40ClN7O5. The summed E-state index contributed by atoms with van der Waals surface area (Å²) in [5.41, 5.74) is 2.97. The van der Waals surface area contributed by atoms with Crippen molar-refractivity contribution < 1.29 is 23.9 Å². The van der Waals surface area contributed by atoms with E-state index in [0.717, 1.165) is 28.5 Å². The van der Waals surface area contributed by atoms with Crippen LogP contribution in [-0.2, 0) is 27.2 Å². The second kappa shape index (κ2) is 15.1. The van der Waals surface area contributed by atoms with Crippen LogP contribution in [-0.4, -0.2) is 94.8 Å². The van der Waals surface area contributed by atoms with Crippen molar-refractivity contribution in [2.24, 2.45) is 17.8 Å². The lowest BCUT2D eigenvalue weighted by molar-refractivity contribution is -0.140. The van der Waals surface area contributed by atoms with Crippen molar-refractivity contribution in [1.29, 1.82) is 0 Å². The van der Waals surface area contributed by atoms with Crippen molar-refractivity contribution in [3.63, 3.8) is 0 Å². The third kappa shape index (κ3) is 7.69. The Labute approximate surface area is 289 Å². The van der Waals surface area contributed by atoms with Crippen molar-refractivity contribution in [3.05, 3.63) is 89.0 Å². The van der Waals surface area contributed by atoms with E-state index in [2.05, 4.69) is 25.6 Å². The molecule has 0 saturated carbocycles. The number of fused-ring (bicyclic) bond motifs is 2. The second-order valence-corrected chi connectivity index (χ2v) is 13.2. The average Bonchev–Trinajstić information content (AvgIpc) is 3.74. The summed E-state index contributed by atoms with van der Waals surface area (Å²) in [4.78, 5) is 69.5. The molecule has 4 aromatic rings. The Morgan fingerprint density at radius 1 is 1.04 bits per heavy atom. The highest BCUT2D eigenvalue weighted by Crippen LogP contribution is 2.37. The van der Waals surface area contributed by atoms with Crippen LogP contribution in [0.1, 0.15) is 34.5 Å². The summed E-state index contributed by atoms with van der Waals surface area (Å²) in [6.07, 6.45) is 6.68. The van der Waals surface area contributed by atoms with Gasteiger partial charge in [-0.25, -0.2) is 4.98 Å². The van der Waals surface area contributed by atoms with Gasteiger partial charge >= 0.3 is 0 Å². The number of aromatic nitrogens is 3. The molecule has 2 aromatic carbocycles. The van der Waals surface area contributed by atoms with E-state index in [4.69, 9.17) is 16.3 Å². The minimum Gasteiger partial charge on any atom is -0.480 e. The standard InChI is InChI=1S/C36H40ClN7O5/c1-38-35(47)29(10-6-9-22-7-4-3-5-8-22)42-34(46)28-21-43(33(45)13-23-15-40-30-14-25(37)11-12-26(23)30)18-24-19-44(20-27(24)28)36(48)31-16-39-17-32(41-31)49-2/h3-5,7-8,11-12,14-17,24,27-29,40H,6,9-10,13,18-21H2,1-2H3,(H,38,47)(H,42,46)/t24?,27?,28?,29-/m0/s1. The Balaban J connectivity index is 1.21. The van der Waals surface area contributed by atoms with Gasteiger partial charge in [-0.1, -0.05) is 48.0 Å². The van der Waals surface area contributed by atoms with E-state index in [1.165, 1.54) is 19.5 Å². The zero-order chi connectivity index (χ0) is 34.5. The van der Waals surface area contributed by atoms with E-state index in [0.29, 0.717) is 37.5 Å². The molecule has 2 aliphatic heterocycles. The largest absolute Gasteiger partial charge is 0.480 e. The highest BCUT2D eigenvalue weighted by molar-refractivity contribution is 6.31. The number of nitrogens with zero attached hydrogens (tertiary/aromatic N) is 4. The number of halogens is 1. The molecule has 12 nitrogen and oxygen atoms in total. The quantitative estimate of drug-likeness (QED) is 0.219. The molecule has 3 unspecified atom stereocenters. The van der Waals surface area contributed by atoms with Gasteiger partial charge in [-0.2, -0.15) is 0 Å². The summed E-state index contributed by atoms with van der Waals surface area (Å²) in [5, 5.41) is 7.20. The van der Waals surface area contributed by atoms with E-state index in [9.17, 15) is 19.2 Å². The van der Waals surface area contributed by atoms with Crippen molar-refractivity contribution in [2.45, 2.75) is 31.7 Å². The first-order valence-corrected chi connectivity index (χ1v) is 16.9. The van der Waals surface area contributed by atoms with Crippen molar-refractivity contribution >= 4 is 46.1 Å². The molecule has 0 spiro atoms. The summed E-state index contributed by atoms with van der Waals surface area (Å²) in [5.74, 6) is -1.83. The number of carbonyl (C=O) groups excluding carboxylic acids is 4. The summed E-state index contributed by atoms with van der Waals surface area (Å²) in [6, 6.07) is 14.7. The fourth-order valence-electron chi connectivity index (χ4n) is 7.09. The predicted molar refractivity (Wildman–Crippen MR) is 184 cm³/mol. The van der Waals surface area contributed by atoms with Gasteiger partial charge < -0.3 is 30.2 Å². The summed E-state index contributed by atoms with van der Waals surface area (Å²) in [7, 11) is 3.01. The second-order valence-electron chi connectivity index (χ2n) is 12.7. The van der Waals surface area contributed by atoms with Crippen molar-refractivity contribution in [1.82, 2.24) is 35.4 Å². The fourth-order valence-corrected chi connectivity index (χ4v) is 7.26. The van der Waals surface area contributed by atoms with E-state index in [1.807, 2.05) is 48.7 Å². The number of carbonyl (C=O) groups is 4. The number of hydrogen-bond donors (Lipinski definition) is 3. The van der Waals surface area contributed by atoms with Gasteiger partial charge in [0.05, 0.1) is 31.8 Å². The molecule has 0 bridgehead atoms. The Bertz CT molecular complexity index is 1830. The number of ether oxygens (including phenoxy) is 1. The molecule has 4 heterocycles. The number of hydrogen-bond acceptors (Lipinski definition) is 7. The van der Waals surface area contributed by atoms with E-state index in [1.54, 1.807) is 22.9 Å². The maximum Gasteiger partial charge on any atom is 0.274 e. The normalized spacial score (nSPS) is 19.3. The number of nitrogens with one attached hydrogen (secondary N) is 3. The van der Waals surface area contributed by atoms with E-state index >= 15 is 0 Å². The molecule has 2 aromatic heterocycles. The van der Waals surface area contributed by atoms with Crippen LogP contribution in [0.4, 0.5) is 0 Å². The Hall–Kier alpha value is -4.97. The number of methoxy groups -OCH3 is 1. The van der Waals surface area contributed by atoms with Crippen LogP contribution >= 0.6 is 11.6 Å². The van der Waals surface area contributed by atoms with Gasteiger partial charge in [0.25, 0.3) is 5.91 Å². The van der Waals surface area contributed by atoms with Gasteiger partial charge in [-0.15, -0.1) is 0 Å². The zero-order valence-electron chi connectivity index (χ0n) is 27.5. The number of amides is 4. The Kier molecular flexibility index (Phi) is 10.4. The van der Waals surface area contributed by atoms with E-state index in [-0.39, 0.29) is 60.0 Å². The molecule has 256 valence electrons.